The van der Waals surface area contributed by atoms with E-state index in [1.807, 2.05) is 0 Å². The lowest BCUT2D eigenvalue weighted by atomic mass is 10.4. The molecule has 0 unspecified atom stereocenters. The lowest BCUT2D eigenvalue weighted by Gasteiger charge is -2.08. The van der Waals surface area contributed by atoms with Crippen molar-refractivity contribution >= 4 is 50.6 Å². The van der Waals surface area contributed by atoms with Crippen LogP contribution in [-0.4, -0.2) is 18.6 Å². The van der Waals surface area contributed by atoms with Crippen LogP contribution in [0.4, 0.5) is 5.82 Å². The summed E-state index contributed by atoms with van der Waals surface area (Å²) in [4.78, 5) is -0.102. The van der Waals surface area contributed by atoms with Crippen molar-refractivity contribution in [3.05, 3.63) is 45.5 Å². The van der Waals surface area contributed by atoms with Gasteiger partial charge in [0.05, 0.1) is 5.02 Å². The number of hydrogen-bond acceptors (Lipinski definition) is 4. The van der Waals surface area contributed by atoms with Gasteiger partial charge in [-0.1, -0.05) is 34.8 Å². The molecule has 2 rings (SSSR count). The molecule has 100 valence electrons. The van der Waals surface area contributed by atoms with Crippen LogP contribution in [0.1, 0.15) is 0 Å². The minimum absolute atomic E-state index is 0.0157. The van der Waals surface area contributed by atoms with Gasteiger partial charge in [0.25, 0.3) is 10.0 Å². The van der Waals surface area contributed by atoms with Crippen LogP contribution < -0.4 is 4.72 Å². The fourth-order valence-electron chi connectivity index (χ4n) is 1.26. The number of sulfonamides is 1. The first kappa shape index (κ1) is 14.3. The van der Waals surface area contributed by atoms with Crippen LogP contribution in [0.5, 0.6) is 0 Å². The number of nitrogens with zero attached hydrogens (tertiary/aromatic N) is 2. The zero-order chi connectivity index (χ0) is 14.0. The second-order valence-corrected chi connectivity index (χ2v) is 6.30. The normalized spacial score (nSPS) is 11.3. The van der Waals surface area contributed by atoms with E-state index in [1.165, 1.54) is 30.3 Å². The SMILES string of the molecule is O=S(=O)(Nc1ccc(Cl)nn1)c1ccc(Cl)cc1Cl. The van der Waals surface area contributed by atoms with Crippen molar-refractivity contribution < 1.29 is 8.42 Å². The molecule has 0 radical (unpaired) electrons. The molecule has 0 bridgehead atoms. The van der Waals surface area contributed by atoms with E-state index >= 15 is 0 Å². The van der Waals surface area contributed by atoms with Gasteiger partial charge >= 0.3 is 0 Å². The summed E-state index contributed by atoms with van der Waals surface area (Å²) in [5.74, 6) is 0.0374. The maximum absolute atomic E-state index is 12.1. The standard InChI is InChI=1S/C10H6Cl3N3O2S/c11-6-1-2-8(7(12)5-6)19(17,18)16-10-4-3-9(13)14-15-10/h1-5H,(H,15,16). The molecule has 2 aromatic rings. The van der Waals surface area contributed by atoms with E-state index < -0.39 is 10.0 Å². The third kappa shape index (κ3) is 3.48. The summed E-state index contributed by atoms with van der Waals surface area (Å²) in [5, 5.41) is 7.64. The lowest BCUT2D eigenvalue weighted by molar-refractivity contribution is 0.601. The highest BCUT2D eigenvalue weighted by Crippen LogP contribution is 2.26. The average molecular weight is 339 g/mol. The molecule has 0 saturated carbocycles. The maximum Gasteiger partial charge on any atom is 0.264 e. The molecule has 0 spiro atoms. The molecule has 1 aromatic carbocycles. The minimum Gasteiger partial charge on any atom is -0.262 e. The predicted molar refractivity (Wildman–Crippen MR) is 74.3 cm³/mol. The van der Waals surface area contributed by atoms with E-state index in [0.29, 0.717) is 5.02 Å². The summed E-state index contributed by atoms with van der Waals surface area (Å²) in [6.45, 7) is 0. The summed E-state index contributed by atoms with van der Waals surface area (Å²) < 4.78 is 26.4. The van der Waals surface area contributed by atoms with Gasteiger partial charge in [-0.15, -0.1) is 10.2 Å². The second kappa shape index (κ2) is 5.50. The van der Waals surface area contributed by atoms with Crippen molar-refractivity contribution in [2.75, 3.05) is 4.72 Å². The number of halogens is 3. The molecular weight excluding hydrogens is 333 g/mol. The van der Waals surface area contributed by atoms with Crippen molar-refractivity contribution in [2.45, 2.75) is 4.90 Å². The zero-order valence-corrected chi connectivity index (χ0v) is 12.2. The van der Waals surface area contributed by atoms with Crippen LogP contribution >= 0.6 is 34.8 Å². The number of nitrogens with one attached hydrogen (secondary N) is 1. The fourth-order valence-corrected chi connectivity index (χ4v) is 3.13. The van der Waals surface area contributed by atoms with E-state index in [1.54, 1.807) is 0 Å². The molecule has 19 heavy (non-hydrogen) atoms. The van der Waals surface area contributed by atoms with Crippen molar-refractivity contribution in [2.24, 2.45) is 0 Å². The Morgan fingerprint density at radius 3 is 2.32 bits per heavy atom. The van der Waals surface area contributed by atoms with Crippen LogP contribution in [0, 0.1) is 0 Å². The highest BCUT2D eigenvalue weighted by atomic mass is 35.5. The molecule has 0 atom stereocenters. The molecule has 1 N–H and O–H groups in total. The van der Waals surface area contributed by atoms with Crippen LogP contribution in [0.3, 0.4) is 0 Å². The Bertz CT molecular complexity index is 704. The summed E-state index contributed by atoms with van der Waals surface area (Å²) in [6, 6.07) is 6.86. The second-order valence-electron chi connectivity index (χ2n) is 3.42. The number of anilines is 1. The number of hydrogen-bond donors (Lipinski definition) is 1. The average Bonchev–Trinajstić information content (AvgIpc) is 2.31. The van der Waals surface area contributed by atoms with Gasteiger partial charge in [-0.2, -0.15) is 0 Å². The Morgan fingerprint density at radius 2 is 1.74 bits per heavy atom. The van der Waals surface area contributed by atoms with E-state index in [9.17, 15) is 8.42 Å². The Kier molecular flexibility index (Phi) is 4.15. The molecule has 0 saturated heterocycles. The summed E-state index contributed by atoms with van der Waals surface area (Å²) in [6.07, 6.45) is 0. The third-order valence-corrected chi connectivity index (χ3v) is 4.33. The monoisotopic (exact) mass is 337 g/mol. The Hall–Kier alpha value is -1.08. The quantitative estimate of drug-likeness (QED) is 0.932. The van der Waals surface area contributed by atoms with E-state index in [2.05, 4.69) is 14.9 Å². The Morgan fingerprint density at radius 1 is 1.00 bits per heavy atom. The number of aromatic nitrogens is 2. The molecule has 0 fully saturated rings. The zero-order valence-electron chi connectivity index (χ0n) is 9.14. The first-order valence-electron chi connectivity index (χ1n) is 4.85. The molecule has 0 aliphatic carbocycles. The highest BCUT2D eigenvalue weighted by molar-refractivity contribution is 7.92. The molecular formula is C10H6Cl3N3O2S. The molecule has 0 aliphatic rings. The van der Waals surface area contributed by atoms with Gasteiger partial charge in [-0.25, -0.2) is 8.42 Å². The lowest BCUT2D eigenvalue weighted by Crippen LogP contribution is -2.14. The Balaban J connectivity index is 2.35. The summed E-state index contributed by atoms with van der Waals surface area (Å²) >= 11 is 17.1. The molecule has 1 heterocycles. The van der Waals surface area contributed by atoms with Gasteiger partial charge in [0.1, 0.15) is 4.90 Å². The number of benzene rings is 1. The predicted octanol–water partition coefficient (Wildman–Crippen LogP) is 3.24. The van der Waals surface area contributed by atoms with E-state index in [4.69, 9.17) is 34.8 Å². The van der Waals surface area contributed by atoms with Gasteiger partial charge in [0, 0.05) is 5.02 Å². The highest BCUT2D eigenvalue weighted by Gasteiger charge is 2.18. The van der Waals surface area contributed by atoms with Crippen molar-refractivity contribution in [3.8, 4) is 0 Å². The first-order valence-corrected chi connectivity index (χ1v) is 7.47. The Labute approximate surface area is 124 Å². The van der Waals surface area contributed by atoms with Crippen molar-refractivity contribution in [3.63, 3.8) is 0 Å². The van der Waals surface area contributed by atoms with E-state index in [0.717, 1.165) is 0 Å². The molecule has 0 amide bonds. The maximum atomic E-state index is 12.1. The fraction of sp³-hybridized carbons (Fsp3) is 0. The van der Waals surface area contributed by atoms with Gasteiger partial charge in [-0.05, 0) is 30.3 Å². The van der Waals surface area contributed by atoms with Crippen LogP contribution in [0.15, 0.2) is 35.2 Å². The summed E-state index contributed by atoms with van der Waals surface area (Å²) in [7, 11) is -3.86. The topological polar surface area (TPSA) is 72.0 Å². The minimum atomic E-state index is -3.86. The van der Waals surface area contributed by atoms with Crippen molar-refractivity contribution in [1.29, 1.82) is 0 Å². The first-order chi connectivity index (χ1) is 8.88. The number of rotatable bonds is 3. The largest absolute Gasteiger partial charge is 0.264 e. The molecule has 5 nitrogen and oxygen atoms in total. The smallest absolute Gasteiger partial charge is 0.262 e. The van der Waals surface area contributed by atoms with Crippen LogP contribution in [-0.2, 0) is 10.0 Å². The van der Waals surface area contributed by atoms with Crippen LogP contribution in [0.2, 0.25) is 15.2 Å². The summed E-state index contributed by atoms with van der Waals surface area (Å²) in [5.41, 5.74) is 0. The van der Waals surface area contributed by atoms with Gasteiger partial charge < -0.3 is 0 Å². The third-order valence-electron chi connectivity index (χ3n) is 2.05. The molecule has 0 aliphatic heterocycles. The molecule has 9 heteroatoms. The van der Waals surface area contributed by atoms with Gasteiger partial charge in [0.15, 0.2) is 11.0 Å². The van der Waals surface area contributed by atoms with Gasteiger partial charge in [-0.3, -0.25) is 4.72 Å². The van der Waals surface area contributed by atoms with Crippen molar-refractivity contribution in [1.82, 2.24) is 10.2 Å². The van der Waals surface area contributed by atoms with E-state index in [-0.39, 0.29) is 20.9 Å². The van der Waals surface area contributed by atoms with Crippen LogP contribution in [0.25, 0.3) is 0 Å². The van der Waals surface area contributed by atoms with Gasteiger partial charge in [0.2, 0.25) is 0 Å². The molecule has 1 aromatic heterocycles.